The molecule has 1 aromatic carbocycles. The maximum Gasteiger partial charge on any atom is 0.266 e. The second kappa shape index (κ2) is 11.1. The van der Waals surface area contributed by atoms with Crippen LogP contribution in [0.25, 0.3) is 17.0 Å². The minimum atomic E-state index is -0.0443. The molecule has 6 nitrogen and oxygen atoms in total. The zero-order valence-corrected chi connectivity index (χ0v) is 20.8. The molecule has 0 spiro atoms. The van der Waals surface area contributed by atoms with Gasteiger partial charge >= 0.3 is 0 Å². The molecule has 2 amide bonds. The van der Waals surface area contributed by atoms with E-state index in [1.165, 1.54) is 17.3 Å². The van der Waals surface area contributed by atoms with Crippen molar-refractivity contribution >= 4 is 57.1 Å². The average molecular weight is 474 g/mol. The highest BCUT2D eigenvalue weighted by atomic mass is 32.2. The van der Waals surface area contributed by atoms with Crippen LogP contribution in [0, 0.1) is 5.92 Å². The van der Waals surface area contributed by atoms with Crippen molar-refractivity contribution in [1.29, 1.82) is 0 Å². The highest BCUT2D eigenvalue weighted by Crippen LogP contribution is 2.35. The Hall–Kier alpha value is -2.16. The highest BCUT2D eigenvalue weighted by Gasteiger charge is 2.32. The van der Waals surface area contributed by atoms with Crippen LogP contribution in [0.2, 0.25) is 0 Å². The second-order valence-electron chi connectivity index (χ2n) is 8.26. The van der Waals surface area contributed by atoms with Crippen molar-refractivity contribution in [2.45, 2.75) is 40.2 Å². The Kier molecular flexibility index (Phi) is 8.51. The van der Waals surface area contributed by atoms with Crippen molar-refractivity contribution < 1.29 is 14.3 Å². The van der Waals surface area contributed by atoms with Crippen LogP contribution < -0.4 is 5.32 Å². The third-order valence-corrected chi connectivity index (χ3v) is 6.64. The van der Waals surface area contributed by atoms with E-state index in [1.807, 2.05) is 29.0 Å². The lowest BCUT2D eigenvalue weighted by Crippen LogP contribution is -2.31. The van der Waals surface area contributed by atoms with Crippen LogP contribution in [-0.4, -0.2) is 52.4 Å². The summed E-state index contributed by atoms with van der Waals surface area (Å²) in [7, 11) is 1.65. The lowest BCUT2D eigenvalue weighted by atomic mass is 10.1. The largest absolute Gasteiger partial charge is 0.385 e. The molecule has 2 aromatic rings. The summed E-state index contributed by atoms with van der Waals surface area (Å²) < 4.78 is 7.62. The van der Waals surface area contributed by atoms with Gasteiger partial charge < -0.3 is 14.6 Å². The van der Waals surface area contributed by atoms with Crippen LogP contribution in [0.1, 0.15) is 38.3 Å². The molecule has 0 atom stereocenters. The Bertz CT molecular complexity index is 1040. The van der Waals surface area contributed by atoms with E-state index in [2.05, 4.69) is 32.2 Å². The standard InChI is InChI=1S/C24H31N3O3S2/c1-5-17-8-6-9-19-18(12-20-23(29)27(13-16(2)3)24(31)32-20)14-26(22(17)19)15-21(28)25-10-7-11-30-4/h6,8-9,12,14,16H,5,7,10-11,13,15H2,1-4H3,(H,25,28)/b20-12-. The molecule has 2 heterocycles. The monoisotopic (exact) mass is 473 g/mol. The zero-order chi connectivity index (χ0) is 23.3. The van der Waals surface area contributed by atoms with E-state index in [0.29, 0.717) is 34.8 Å². The number of nitrogens with zero attached hydrogens (tertiary/aromatic N) is 2. The first-order valence-electron chi connectivity index (χ1n) is 11.0. The number of thiocarbonyl (C=S) groups is 1. The van der Waals surface area contributed by atoms with E-state index in [-0.39, 0.29) is 18.4 Å². The van der Waals surface area contributed by atoms with Gasteiger partial charge in [-0.15, -0.1) is 0 Å². The molecule has 3 rings (SSSR count). The normalized spacial score (nSPS) is 15.5. The number of fused-ring (bicyclic) bond motifs is 1. The molecule has 8 heteroatoms. The number of rotatable bonds is 10. The topological polar surface area (TPSA) is 63.6 Å². The Balaban J connectivity index is 1.92. The maximum atomic E-state index is 12.9. The van der Waals surface area contributed by atoms with Crippen molar-refractivity contribution in [2.75, 3.05) is 26.8 Å². The fraction of sp³-hybridized carbons (Fsp3) is 0.458. The first kappa shape index (κ1) is 24.5. The predicted molar refractivity (Wildman–Crippen MR) is 136 cm³/mol. The highest BCUT2D eigenvalue weighted by molar-refractivity contribution is 8.26. The van der Waals surface area contributed by atoms with Crippen LogP contribution in [0.4, 0.5) is 0 Å². The first-order chi connectivity index (χ1) is 15.3. The number of aryl methyl sites for hydroxylation is 1. The lowest BCUT2D eigenvalue weighted by molar-refractivity contribution is -0.123. The molecular weight excluding hydrogens is 442 g/mol. The molecule has 32 heavy (non-hydrogen) atoms. The number of methoxy groups -OCH3 is 1. The number of para-hydroxylation sites is 1. The number of nitrogens with one attached hydrogen (secondary N) is 1. The van der Waals surface area contributed by atoms with Gasteiger partial charge in [0.2, 0.25) is 5.91 Å². The minimum Gasteiger partial charge on any atom is -0.385 e. The number of aromatic nitrogens is 1. The van der Waals surface area contributed by atoms with E-state index in [1.54, 1.807) is 12.0 Å². The molecule has 1 saturated heterocycles. The quantitative estimate of drug-likeness (QED) is 0.318. The SMILES string of the molecule is CCc1cccc2c(/C=C3\SC(=S)N(CC(C)C)C3=O)cn(CC(=O)NCCCOC)c12. The zero-order valence-electron chi connectivity index (χ0n) is 19.1. The minimum absolute atomic E-state index is 0.0429. The Morgan fingerprint density at radius 3 is 2.81 bits per heavy atom. The molecular formula is C24H31N3O3S2. The first-order valence-corrected chi connectivity index (χ1v) is 12.2. The molecule has 1 fully saturated rings. The van der Waals surface area contributed by atoms with Crippen LogP contribution >= 0.6 is 24.0 Å². The fourth-order valence-electron chi connectivity index (χ4n) is 3.81. The number of ether oxygens (including phenoxy) is 1. The molecule has 1 N–H and O–H groups in total. The van der Waals surface area contributed by atoms with Crippen LogP contribution in [0.5, 0.6) is 0 Å². The fourth-order valence-corrected chi connectivity index (χ4v) is 5.08. The van der Waals surface area contributed by atoms with Gasteiger partial charge in [0.25, 0.3) is 5.91 Å². The Morgan fingerprint density at radius 1 is 1.34 bits per heavy atom. The smallest absolute Gasteiger partial charge is 0.266 e. The van der Waals surface area contributed by atoms with Crippen molar-refractivity contribution in [3.05, 3.63) is 40.4 Å². The summed E-state index contributed by atoms with van der Waals surface area (Å²) >= 11 is 6.79. The molecule has 1 aromatic heterocycles. The summed E-state index contributed by atoms with van der Waals surface area (Å²) in [6, 6.07) is 6.15. The third-order valence-electron chi connectivity index (χ3n) is 5.26. The van der Waals surface area contributed by atoms with E-state index >= 15 is 0 Å². The van der Waals surface area contributed by atoms with Crippen LogP contribution in [-0.2, 0) is 27.3 Å². The van der Waals surface area contributed by atoms with Gasteiger partial charge in [0.15, 0.2) is 0 Å². The molecule has 0 aliphatic carbocycles. The van der Waals surface area contributed by atoms with E-state index < -0.39 is 0 Å². The molecule has 172 valence electrons. The number of hydrogen-bond acceptors (Lipinski definition) is 5. The molecule has 0 unspecified atom stereocenters. The van der Waals surface area contributed by atoms with E-state index in [4.69, 9.17) is 17.0 Å². The summed E-state index contributed by atoms with van der Waals surface area (Å²) in [6.45, 7) is 8.29. The number of carbonyl (C=O) groups is 2. The van der Waals surface area contributed by atoms with E-state index in [9.17, 15) is 9.59 Å². The van der Waals surface area contributed by atoms with Gasteiger partial charge in [-0.3, -0.25) is 14.5 Å². The average Bonchev–Trinajstić information content (AvgIpc) is 3.23. The molecule has 0 bridgehead atoms. The molecule has 1 aliphatic rings. The third kappa shape index (κ3) is 5.60. The van der Waals surface area contributed by atoms with E-state index in [0.717, 1.165) is 29.3 Å². The van der Waals surface area contributed by atoms with Gasteiger partial charge in [0.05, 0.1) is 10.4 Å². The predicted octanol–water partition coefficient (Wildman–Crippen LogP) is 4.21. The van der Waals surface area contributed by atoms with Gasteiger partial charge in [-0.2, -0.15) is 0 Å². The Labute approximate surface area is 199 Å². The molecule has 1 aliphatic heterocycles. The van der Waals surface area contributed by atoms with Crippen molar-refractivity contribution in [1.82, 2.24) is 14.8 Å². The van der Waals surface area contributed by atoms with Gasteiger partial charge in [-0.25, -0.2) is 0 Å². The van der Waals surface area contributed by atoms with Gasteiger partial charge in [-0.1, -0.05) is 63.0 Å². The van der Waals surface area contributed by atoms with Crippen molar-refractivity contribution in [2.24, 2.45) is 5.92 Å². The number of carbonyl (C=O) groups excluding carboxylic acids is 2. The number of hydrogen-bond donors (Lipinski definition) is 1. The van der Waals surface area contributed by atoms with Gasteiger partial charge in [0.1, 0.15) is 10.9 Å². The Morgan fingerprint density at radius 2 is 2.12 bits per heavy atom. The lowest BCUT2D eigenvalue weighted by Gasteiger charge is -2.16. The number of amides is 2. The summed E-state index contributed by atoms with van der Waals surface area (Å²) in [6.07, 6.45) is 5.51. The van der Waals surface area contributed by atoms with Gasteiger partial charge in [0, 0.05) is 44.0 Å². The maximum absolute atomic E-state index is 12.9. The van der Waals surface area contributed by atoms with Gasteiger partial charge in [-0.05, 0) is 30.4 Å². The van der Waals surface area contributed by atoms with Crippen LogP contribution in [0.15, 0.2) is 29.3 Å². The summed E-state index contributed by atoms with van der Waals surface area (Å²) in [5.74, 6) is 0.254. The molecule has 0 radical (unpaired) electrons. The molecule has 0 saturated carbocycles. The summed E-state index contributed by atoms with van der Waals surface area (Å²) in [5.41, 5.74) is 3.13. The number of thioether (sulfide) groups is 1. The summed E-state index contributed by atoms with van der Waals surface area (Å²) in [4.78, 5) is 27.8. The van der Waals surface area contributed by atoms with Crippen molar-refractivity contribution in [3.63, 3.8) is 0 Å². The van der Waals surface area contributed by atoms with Crippen molar-refractivity contribution in [3.8, 4) is 0 Å². The summed E-state index contributed by atoms with van der Waals surface area (Å²) in [5, 5.41) is 3.98. The van der Waals surface area contributed by atoms with Crippen LogP contribution in [0.3, 0.4) is 0 Å². The number of benzene rings is 1. The second-order valence-corrected chi connectivity index (χ2v) is 9.94.